The van der Waals surface area contributed by atoms with Crippen LogP contribution in [0, 0.1) is 0 Å². The van der Waals surface area contributed by atoms with E-state index in [-0.39, 0.29) is 0 Å². The molecule has 0 amide bonds. The average molecular weight is 715 g/mol. The maximum Gasteiger partial charge on any atom is 0.238 e. The monoisotopic (exact) mass is 714 g/mol. The number of furan rings is 1. The van der Waals surface area contributed by atoms with Gasteiger partial charge in [-0.1, -0.05) is 146 Å². The Hall–Kier alpha value is -7.63. The fourth-order valence-electron chi connectivity index (χ4n) is 8.55. The van der Waals surface area contributed by atoms with E-state index in [9.17, 15) is 0 Å². The maximum absolute atomic E-state index is 6.56. The van der Waals surface area contributed by atoms with Crippen LogP contribution in [-0.2, 0) is 0 Å². The molecule has 12 rings (SSSR count). The van der Waals surface area contributed by atoms with Gasteiger partial charge < -0.3 is 4.42 Å². The van der Waals surface area contributed by atoms with Gasteiger partial charge in [-0.3, -0.25) is 4.57 Å². The van der Waals surface area contributed by atoms with Crippen LogP contribution >= 0.6 is 0 Å². The number of rotatable bonds is 4. The van der Waals surface area contributed by atoms with Gasteiger partial charge in [-0.05, 0) is 74.3 Å². The third kappa shape index (κ3) is 4.71. The van der Waals surface area contributed by atoms with Crippen molar-refractivity contribution >= 4 is 76.1 Å². The molecule has 56 heavy (non-hydrogen) atoms. The summed E-state index contributed by atoms with van der Waals surface area (Å²) in [6.45, 7) is 0. The zero-order valence-electron chi connectivity index (χ0n) is 30.0. The average Bonchev–Trinajstić information content (AvgIpc) is 3.82. The Balaban J connectivity index is 1.13. The summed E-state index contributed by atoms with van der Waals surface area (Å²) in [7, 11) is 0. The zero-order valence-corrected chi connectivity index (χ0v) is 30.0. The van der Waals surface area contributed by atoms with Gasteiger partial charge in [-0.15, -0.1) is 0 Å². The predicted octanol–water partition coefficient (Wildman–Crippen LogP) is 13.3. The van der Waals surface area contributed by atoms with Gasteiger partial charge in [0.2, 0.25) is 5.95 Å². The van der Waals surface area contributed by atoms with E-state index in [1.54, 1.807) is 0 Å². The summed E-state index contributed by atoms with van der Waals surface area (Å²) in [6.07, 6.45) is 0. The van der Waals surface area contributed by atoms with E-state index in [2.05, 4.69) is 187 Å². The number of benzene rings is 9. The largest absolute Gasteiger partial charge is 0.456 e. The summed E-state index contributed by atoms with van der Waals surface area (Å²) < 4.78 is 8.77. The molecule has 0 unspecified atom stereocenters. The van der Waals surface area contributed by atoms with Crippen molar-refractivity contribution in [1.82, 2.24) is 19.5 Å². The van der Waals surface area contributed by atoms with Crippen LogP contribution in [0.4, 0.5) is 0 Å². The van der Waals surface area contributed by atoms with Gasteiger partial charge in [-0.2, -0.15) is 9.97 Å². The van der Waals surface area contributed by atoms with Crippen molar-refractivity contribution in [3.05, 3.63) is 182 Å². The highest BCUT2D eigenvalue weighted by Gasteiger charge is 2.21. The lowest BCUT2D eigenvalue weighted by Crippen LogP contribution is -2.07. The number of para-hydroxylation sites is 2. The minimum Gasteiger partial charge on any atom is -0.456 e. The molecule has 260 valence electrons. The van der Waals surface area contributed by atoms with Gasteiger partial charge in [0.25, 0.3) is 0 Å². The van der Waals surface area contributed by atoms with Crippen molar-refractivity contribution in [3.63, 3.8) is 0 Å². The molecule has 0 radical (unpaired) electrons. The minimum absolute atomic E-state index is 0.557. The Morgan fingerprint density at radius 2 is 0.964 bits per heavy atom. The summed E-state index contributed by atoms with van der Waals surface area (Å²) >= 11 is 0. The van der Waals surface area contributed by atoms with Gasteiger partial charge >= 0.3 is 0 Å². The maximum atomic E-state index is 6.56. The van der Waals surface area contributed by atoms with E-state index in [1.165, 1.54) is 21.5 Å². The molecule has 0 fully saturated rings. The van der Waals surface area contributed by atoms with E-state index in [1.807, 2.05) is 0 Å². The molecule has 9 aromatic carbocycles. The third-order valence-corrected chi connectivity index (χ3v) is 11.2. The van der Waals surface area contributed by atoms with Crippen LogP contribution < -0.4 is 0 Å². The molecule has 0 aliphatic heterocycles. The molecule has 12 aromatic rings. The summed E-state index contributed by atoms with van der Waals surface area (Å²) in [5.41, 5.74) is 7.75. The first-order chi connectivity index (χ1) is 27.7. The van der Waals surface area contributed by atoms with Gasteiger partial charge in [0, 0.05) is 38.2 Å². The van der Waals surface area contributed by atoms with Crippen LogP contribution in [0.1, 0.15) is 0 Å². The van der Waals surface area contributed by atoms with Gasteiger partial charge in [-0.25, -0.2) is 4.98 Å². The highest BCUT2D eigenvalue weighted by molar-refractivity contribution is 6.20. The Morgan fingerprint density at radius 3 is 1.70 bits per heavy atom. The Labute approximate surface area is 320 Å². The van der Waals surface area contributed by atoms with Crippen molar-refractivity contribution in [2.75, 3.05) is 0 Å². The number of nitrogens with zero attached hydrogens (tertiary/aromatic N) is 4. The topological polar surface area (TPSA) is 56.7 Å². The number of hydrogen-bond donors (Lipinski definition) is 0. The van der Waals surface area contributed by atoms with Crippen LogP contribution in [0.2, 0.25) is 0 Å². The molecule has 0 saturated heterocycles. The van der Waals surface area contributed by atoms with E-state index < -0.39 is 0 Å². The van der Waals surface area contributed by atoms with Gasteiger partial charge in [0.1, 0.15) is 11.2 Å². The number of aromatic nitrogens is 4. The van der Waals surface area contributed by atoms with Crippen LogP contribution in [0.25, 0.3) is 116 Å². The Morgan fingerprint density at radius 1 is 0.375 bits per heavy atom. The highest BCUT2D eigenvalue weighted by atomic mass is 16.3. The van der Waals surface area contributed by atoms with Gasteiger partial charge in [0.05, 0.1) is 11.0 Å². The van der Waals surface area contributed by atoms with Crippen molar-refractivity contribution in [2.24, 2.45) is 0 Å². The second-order valence-electron chi connectivity index (χ2n) is 14.4. The van der Waals surface area contributed by atoms with E-state index >= 15 is 0 Å². The lowest BCUT2D eigenvalue weighted by atomic mass is 9.99. The highest BCUT2D eigenvalue weighted by Crippen LogP contribution is 2.41. The first-order valence-electron chi connectivity index (χ1n) is 18.8. The van der Waals surface area contributed by atoms with Crippen LogP contribution in [0.15, 0.2) is 186 Å². The molecule has 3 aromatic heterocycles. The summed E-state index contributed by atoms with van der Waals surface area (Å²) in [5.74, 6) is 1.78. The fourth-order valence-corrected chi connectivity index (χ4v) is 8.55. The van der Waals surface area contributed by atoms with E-state index in [0.29, 0.717) is 17.6 Å². The van der Waals surface area contributed by atoms with E-state index in [0.717, 1.165) is 76.8 Å². The lowest BCUT2D eigenvalue weighted by Gasteiger charge is -2.13. The molecule has 0 atom stereocenters. The summed E-state index contributed by atoms with van der Waals surface area (Å²) in [5, 5.41) is 11.5. The molecule has 0 saturated carbocycles. The van der Waals surface area contributed by atoms with Gasteiger partial charge in [0.15, 0.2) is 11.6 Å². The first-order valence-corrected chi connectivity index (χ1v) is 18.8. The predicted molar refractivity (Wildman–Crippen MR) is 230 cm³/mol. The number of fused-ring (bicyclic) bond motifs is 10. The summed E-state index contributed by atoms with van der Waals surface area (Å²) in [4.78, 5) is 15.8. The van der Waals surface area contributed by atoms with Crippen molar-refractivity contribution in [2.45, 2.75) is 0 Å². The number of hydrogen-bond acceptors (Lipinski definition) is 4. The second-order valence-corrected chi connectivity index (χ2v) is 14.4. The van der Waals surface area contributed by atoms with Crippen molar-refractivity contribution in [3.8, 4) is 39.9 Å². The lowest BCUT2D eigenvalue weighted by molar-refractivity contribution is 0.669. The molecule has 3 heterocycles. The third-order valence-electron chi connectivity index (χ3n) is 11.2. The molecular formula is C51H30N4O. The van der Waals surface area contributed by atoms with E-state index in [4.69, 9.17) is 19.4 Å². The normalized spacial score (nSPS) is 11.9. The fraction of sp³-hybridized carbons (Fsp3) is 0. The first kappa shape index (κ1) is 30.8. The van der Waals surface area contributed by atoms with Crippen LogP contribution in [-0.4, -0.2) is 19.5 Å². The quantitative estimate of drug-likeness (QED) is 0.182. The molecule has 5 nitrogen and oxygen atoms in total. The van der Waals surface area contributed by atoms with Crippen molar-refractivity contribution < 1.29 is 4.42 Å². The molecule has 0 aliphatic rings. The van der Waals surface area contributed by atoms with Crippen LogP contribution in [0.5, 0.6) is 0 Å². The molecular weight excluding hydrogens is 685 g/mol. The Kier molecular flexibility index (Phi) is 6.56. The van der Waals surface area contributed by atoms with Crippen LogP contribution in [0.3, 0.4) is 0 Å². The Bertz CT molecular complexity index is 3460. The molecule has 0 N–H and O–H groups in total. The van der Waals surface area contributed by atoms with Crippen molar-refractivity contribution in [1.29, 1.82) is 0 Å². The standard InChI is InChI=1S/C51H30N4O/c1-3-13-34-28-37(22-20-31(34)10-1)49-52-50(38-23-21-32-11-2-4-14-35(32)29-38)54-51(53-49)55-44-19-8-7-16-41(44)42-18-9-17-40(48(42)55)36-24-26-43-46(30-36)56-45-27-25-33-12-5-6-15-39(33)47(43)45/h1-30H. The SMILES string of the molecule is c1ccc2cc(-c3nc(-c4ccc5ccccc5c4)nc(-n4c5ccccc5c5cccc(-c6ccc7c(c6)oc6ccc8ccccc8c67)c54)n3)ccc2c1. The molecule has 0 bridgehead atoms. The molecule has 5 heteroatoms. The molecule has 0 aliphatic carbocycles. The second kappa shape index (κ2) is 11.9. The molecule has 0 spiro atoms. The smallest absolute Gasteiger partial charge is 0.238 e. The summed E-state index contributed by atoms with van der Waals surface area (Å²) in [6, 6.07) is 63.9. The zero-order chi connectivity index (χ0) is 36.7. The minimum atomic E-state index is 0.557.